The van der Waals surface area contributed by atoms with Crippen LogP contribution in [0.25, 0.3) is 0 Å². The minimum absolute atomic E-state index is 0.861. The van der Waals surface area contributed by atoms with E-state index in [2.05, 4.69) is 30.4 Å². The molecule has 0 aromatic heterocycles. The topological polar surface area (TPSA) is 12.0 Å². The Morgan fingerprint density at radius 1 is 1.20 bits per heavy atom. The lowest BCUT2D eigenvalue weighted by Gasteiger charge is -2.21. The molecule has 0 saturated carbocycles. The minimum Gasteiger partial charge on any atom is -0.388 e. The normalized spacial score (nSPS) is 18.5. The van der Waals surface area contributed by atoms with Gasteiger partial charge in [0, 0.05) is 12.7 Å². The average molecular weight is 205 g/mol. The molecule has 1 aromatic rings. The SMILES string of the molecule is CC.CNc1ccc2c(c1)CC(C)CC2. The molecule has 1 aliphatic rings. The molecule has 0 fully saturated rings. The largest absolute Gasteiger partial charge is 0.388 e. The van der Waals surface area contributed by atoms with Gasteiger partial charge in [-0.15, -0.1) is 0 Å². The predicted molar refractivity (Wildman–Crippen MR) is 68.5 cm³/mol. The van der Waals surface area contributed by atoms with Gasteiger partial charge >= 0.3 is 0 Å². The van der Waals surface area contributed by atoms with Crippen LogP contribution in [0, 0.1) is 5.92 Å². The number of rotatable bonds is 1. The zero-order valence-electron chi connectivity index (χ0n) is 10.4. The number of hydrogen-bond acceptors (Lipinski definition) is 1. The van der Waals surface area contributed by atoms with Crippen LogP contribution in [-0.4, -0.2) is 7.05 Å². The summed E-state index contributed by atoms with van der Waals surface area (Å²) in [5.74, 6) is 0.861. The van der Waals surface area contributed by atoms with E-state index in [1.165, 1.54) is 24.9 Å². The summed E-state index contributed by atoms with van der Waals surface area (Å²) in [6, 6.07) is 6.74. The molecule has 0 spiro atoms. The standard InChI is InChI=1S/C12H17N.C2H6/c1-9-3-4-10-5-6-12(13-2)8-11(10)7-9;1-2/h5-6,8-9,13H,3-4,7H2,1-2H3;1-2H3. The maximum atomic E-state index is 3.19. The van der Waals surface area contributed by atoms with Crippen molar-refractivity contribution in [3.63, 3.8) is 0 Å². The van der Waals surface area contributed by atoms with Gasteiger partial charge in [0.25, 0.3) is 0 Å². The third-order valence-corrected chi connectivity index (χ3v) is 2.97. The van der Waals surface area contributed by atoms with E-state index in [0.717, 1.165) is 5.92 Å². The highest BCUT2D eigenvalue weighted by molar-refractivity contribution is 5.49. The van der Waals surface area contributed by atoms with Crippen molar-refractivity contribution in [3.05, 3.63) is 29.3 Å². The van der Waals surface area contributed by atoms with Crippen LogP contribution in [0.3, 0.4) is 0 Å². The van der Waals surface area contributed by atoms with Gasteiger partial charge in [-0.1, -0.05) is 26.8 Å². The smallest absolute Gasteiger partial charge is 0.0340 e. The highest BCUT2D eigenvalue weighted by Gasteiger charge is 2.14. The van der Waals surface area contributed by atoms with E-state index in [4.69, 9.17) is 0 Å². The molecule has 1 nitrogen and oxygen atoms in total. The summed E-state index contributed by atoms with van der Waals surface area (Å²) in [6.07, 6.45) is 3.87. The van der Waals surface area contributed by atoms with Crippen molar-refractivity contribution in [1.82, 2.24) is 0 Å². The number of aryl methyl sites for hydroxylation is 1. The van der Waals surface area contributed by atoms with E-state index >= 15 is 0 Å². The van der Waals surface area contributed by atoms with Crippen molar-refractivity contribution in [3.8, 4) is 0 Å². The van der Waals surface area contributed by atoms with Gasteiger partial charge in [0.1, 0.15) is 0 Å². The molecule has 84 valence electrons. The second kappa shape index (κ2) is 5.79. The molecule has 0 aliphatic heterocycles. The number of anilines is 1. The molecule has 1 N–H and O–H groups in total. The predicted octanol–water partition coefficient (Wildman–Crippen LogP) is 3.88. The molecular weight excluding hydrogens is 182 g/mol. The summed E-state index contributed by atoms with van der Waals surface area (Å²) in [4.78, 5) is 0. The van der Waals surface area contributed by atoms with Crippen molar-refractivity contribution in [2.45, 2.75) is 40.0 Å². The Labute approximate surface area is 93.9 Å². The number of benzene rings is 1. The molecule has 0 heterocycles. The fourth-order valence-electron chi connectivity index (χ4n) is 2.09. The number of hydrogen-bond donors (Lipinski definition) is 1. The van der Waals surface area contributed by atoms with E-state index in [1.54, 1.807) is 11.1 Å². The highest BCUT2D eigenvalue weighted by Crippen LogP contribution is 2.27. The lowest BCUT2D eigenvalue weighted by Crippen LogP contribution is -2.11. The molecule has 2 rings (SSSR count). The van der Waals surface area contributed by atoms with Gasteiger partial charge in [0.05, 0.1) is 0 Å². The zero-order valence-corrected chi connectivity index (χ0v) is 10.4. The van der Waals surface area contributed by atoms with Crippen LogP contribution in [0.2, 0.25) is 0 Å². The Hall–Kier alpha value is -0.980. The average Bonchev–Trinajstić information content (AvgIpc) is 2.30. The maximum absolute atomic E-state index is 3.19. The van der Waals surface area contributed by atoms with Crippen LogP contribution < -0.4 is 5.32 Å². The van der Waals surface area contributed by atoms with Gasteiger partial charge in [0.15, 0.2) is 0 Å². The van der Waals surface area contributed by atoms with Gasteiger partial charge in [-0.25, -0.2) is 0 Å². The molecule has 0 saturated heterocycles. The molecule has 1 aromatic carbocycles. The fourth-order valence-corrected chi connectivity index (χ4v) is 2.09. The Morgan fingerprint density at radius 2 is 1.93 bits per heavy atom. The number of nitrogens with one attached hydrogen (secondary N) is 1. The first-order chi connectivity index (χ1) is 7.29. The van der Waals surface area contributed by atoms with Gasteiger partial charge in [-0.3, -0.25) is 0 Å². The van der Waals surface area contributed by atoms with Crippen molar-refractivity contribution in [2.24, 2.45) is 5.92 Å². The Morgan fingerprint density at radius 3 is 2.60 bits per heavy atom. The molecular formula is C14H23N. The highest BCUT2D eigenvalue weighted by atomic mass is 14.8. The Kier molecular flexibility index (Phi) is 4.67. The van der Waals surface area contributed by atoms with E-state index in [-0.39, 0.29) is 0 Å². The van der Waals surface area contributed by atoms with E-state index in [9.17, 15) is 0 Å². The van der Waals surface area contributed by atoms with Crippen LogP contribution >= 0.6 is 0 Å². The van der Waals surface area contributed by atoms with Crippen molar-refractivity contribution in [2.75, 3.05) is 12.4 Å². The van der Waals surface area contributed by atoms with Crippen molar-refractivity contribution < 1.29 is 0 Å². The van der Waals surface area contributed by atoms with Gasteiger partial charge in [-0.2, -0.15) is 0 Å². The van der Waals surface area contributed by atoms with Crippen LogP contribution in [0.1, 0.15) is 38.3 Å². The van der Waals surface area contributed by atoms with Crippen LogP contribution in [0.4, 0.5) is 5.69 Å². The minimum atomic E-state index is 0.861. The molecule has 0 bridgehead atoms. The lowest BCUT2D eigenvalue weighted by atomic mass is 9.85. The summed E-state index contributed by atoms with van der Waals surface area (Å²) >= 11 is 0. The summed E-state index contributed by atoms with van der Waals surface area (Å²) in [7, 11) is 1.98. The second-order valence-corrected chi connectivity index (χ2v) is 4.08. The first-order valence-electron chi connectivity index (χ1n) is 6.09. The van der Waals surface area contributed by atoms with E-state index in [0.29, 0.717) is 0 Å². The summed E-state index contributed by atoms with van der Waals surface area (Å²) in [5.41, 5.74) is 4.34. The fraction of sp³-hybridized carbons (Fsp3) is 0.571. The van der Waals surface area contributed by atoms with Crippen molar-refractivity contribution in [1.29, 1.82) is 0 Å². The Balaban J connectivity index is 0.000000531. The molecule has 1 unspecified atom stereocenters. The molecule has 0 amide bonds. The molecule has 15 heavy (non-hydrogen) atoms. The van der Waals surface area contributed by atoms with E-state index in [1.807, 2.05) is 20.9 Å². The van der Waals surface area contributed by atoms with Gasteiger partial charge in [0.2, 0.25) is 0 Å². The molecule has 1 heteroatoms. The maximum Gasteiger partial charge on any atom is 0.0340 e. The second-order valence-electron chi connectivity index (χ2n) is 4.08. The molecule has 0 radical (unpaired) electrons. The summed E-state index contributed by atoms with van der Waals surface area (Å²) in [6.45, 7) is 6.34. The lowest BCUT2D eigenvalue weighted by molar-refractivity contribution is 0.501. The third kappa shape index (κ3) is 2.98. The van der Waals surface area contributed by atoms with E-state index < -0.39 is 0 Å². The third-order valence-electron chi connectivity index (χ3n) is 2.97. The Bertz CT molecular complexity index is 304. The van der Waals surface area contributed by atoms with Crippen LogP contribution in [0.5, 0.6) is 0 Å². The van der Waals surface area contributed by atoms with Crippen LogP contribution in [-0.2, 0) is 12.8 Å². The van der Waals surface area contributed by atoms with Crippen LogP contribution in [0.15, 0.2) is 18.2 Å². The summed E-state index contributed by atoms with van der Waals surface area (Å²) < 4.78 is 0. The summed E-state index contributed by atoms with van der Waals surface area (Å²) in [5, 5.41) is 3.19. The number of fused-ring (bicyclic) bond motifs is 1. The quantitative estimate of drug-likeness (QED) is 0.733. The van der Waals surface area contributed by atoms with Gasteiger partial charge in [-0.05, 0) is 48.4 Å². The zero-order chi connectivity index (χ0) is 11.3. The van der Waals surface area contributed by atoms with Crippen molar-refractivity contribution >= 4 is 5.69 Å². The molecule has 1 aliphatic carbocycles. The first kappa shape index (κ1) is 12.1. The van der Waals surface area contributed by atoms with Gasteiger partial charge < -0.3 is 5.32 Å². The monoisotopic (exact) mass is 205 g/mol. The first-order valence-corrected chi connectivity index (χ1v) is 6.09. The molecule has 1 atom stereocenters.